The molecule has 2 aromatic rings. The molecule has 3 rings (SSSR count). The second-order valence-electron chi connectivity index (χ2n) is 6.45. The first-order chi connectivity index (χ1) is 12.2. The molecule has 0 aliphatic carbocycles. The molecule has 6 heteroatoms. The minimum absolute atomic E-state index is 0.0362. The summed E-state index contributed by atoms with van der Waals surface area (Å²) in [5.74, 6) is 0.235. The van der Waals surface area contributed by atoms with Crippen LogP contribution < -0.4 is 5.32 Å². The van der Waals surface area contributed by atoms with Crippen LogP contribution in [0.5, 0.6) is 0 Å². The van der Waals surface area contributed by atoms with Gasteiger partial charge >= 0.3 is 0 Å². The monoisotopic (exact) mass is 345 g/mol. The summed E-state index contributed by atoms with van der Waals surface area (Å²) in [5.41, 5.74) is 1.32. The number of carbonyl (C=O) groups excluding carboxylic acids is 1. The summed E-state index contributed by atoms with van der Waals surface area (Å²) >= 11 is 0. The van der Waals surface area contributed by atoms with Crippen LogP contribution in [0.3, 0.4) is 0 Å². The molecule has 1 aliphatic rings. The van der Waals surface area contributed by atoms with Gasteiger partial charge in [-0.2, -0.15) is 0 Å². The second kappa shape index (κ2) is 8.25. The predicted molar refractivity (Wildman–Crippen MR) is 92.8 cm³/mol. The number of amides is 1. The number of benzene rings is 1. The summed E-state index contributed by atoms with van der Waals surface area (Å²) in [6.07, 6.45) is 4.01. The second-order valence-corrected chi connectivity index (χ2v) is 6.45. The minimum Gasteiger partial charge on any atom is -0.361 e. The van der Waals surface area contributed by atoms with Gasteiger partial charge in [-0.1, -0.05) is 24.2 Å². The maximum absolute atomic E-state index is 13.2. The average Bonchev–Trinajstić information content (AvgIpc) is 3.29. The number of nitrogens with zero attached hydrogens (tertiary/aromatic N) is 2. The van der Waals surface area contributed by atoms with E-state index in [0.717, 1.165) is 50.1 Å². The van der Waals surface area contributed by atoms with E-state index in [4.69, 9.17) is 4.52 Å². The van der Waals surface area contributed by atoms with E-state index in [0.29, 0.717) is 12.2 Å². The van der Waals surface area contributed by atoms with Gasteiger partial charge in [0.25, 0.3) is 5.91 Å². The zero-order chi connectivity index (χ0) is 17.6. The van der Waals surface area contributed by atoms with Crippen molar-refractivity contribution in [1.29, 1.82) is 0 Å². The highest BCUT2D eigenvalue weighted by molar-refractivity contribution is 5.92. The lowest BCUT2D eigenvalue weighted by Gasteiger charge is -2.28. The molecule has 1 saturated heterocycles. The molecule has 1 aliphatic heterocycles. The lowest BCUT2D eigenvalue weighted by molar-refractivity contribution is 0.0928. The Labute approximate surface area is 147 Å². The first-order valence-corrected chi connectivity index (χ1v) is 8.90. The molecule has 1 atom stereocenters. The summed E-state index contributed by atoms with van der Waals surface area (Å²) < 4.78 is 18.4. The maximum atomic E-state index is 13.2. The molecule has 1 amide bonds. The Kier molecular flexibility index (Phi) is 5.81. The van der Waals surface area contributed by atoms with Crippen LogP contribution in [0, 0.1) is 5.82 Å². The van der Waals surface area contributed by atoms with Gasteiger partial charge < -0.3 is 9.84 Å². The van der Waals surface area contributed by atoms with E-state index in [9.17, 15) is 9.18 Å². The van der Waals surface area contributed by atoms with Gasteiger partial charge in [0.1, 0.15) is 11.6 Å². The van der Waals surface area contributed by atoms with Crippen LogP contribution in [0.25, 0.3) is 0 Å². The fraction of sp³-hybridized carbons (Fsp3) is 0.474. The zero-order valence-electron chi connectivity index (χ0n) is 14.5. The lowest BCUT2D eigenvalue weighted by atomic mass is 10.1. The third kappa shape index (κ3) is 4.45. The van der Waals surface area contributed by atoms with Crippen LogP contribution >= 0.6 is 0 Å². The van der Waals surface area contributed by atoms with Gasteiger partial charge in [0.05, 0.1) is 6.04 Å². The number of likely N-dealkylation sites (tertiary alicyclic amines) is 1. The maximum Gasteiger partial charge on any atom is 0.273 e. The number of carbonyl (C=O) groups is 1. The van der Waals surface area contributed by atoms with Crippen LogP contribution in [0.1, 0.15) is 54.0 Å². The van der Waals surface area contributed by atoms with E-state index < -0.39 is 0 Å². The van der Waals surface area contributed by atoms with Crippen molar-refractivity contribution in [2.45, 2.75) is 38.6 Å². The Hall–Kier alpha value is -2.21. The van der Waals surface area contributed by atoms with Crippen molar-refractivity contribution in [2.75, 3.05) is 19.6 Å². The van der Waals surface area contributed by atoms with Crippen molar-refractivity contribution < 1.29 is 13.7 Å². The minimum atomic E-state index is -0.251. The van der Waals surface area contributed by atoms with E-state index in [1.165, 1.54) is 12.1 Å². The number of rotatable bonds is 7. The Morgan fingerprint density at radius 1 is 1.32 bits per heavy atom. The Bertz CT molecular complexity index is 693. The highest BCUT2D eigenvalue weighted by Crippen LogP contribution is 2.25. The molecule has 0 bridgehead atoms. The molecule has 134 valence electrons. The molecule has 0 radical (unpaired) electrons. The SMILES string of the molecule is CCCc1cc(C(=O)NC[C@@H](c2ccc(F)cc2)N2CCCC2)no1. The van der Waals surface area contributed by atoms with Gasteiger partial charge in [-0.25, -0.2) is 4.39 Å². The molecule has 2 heterocycles. The molecule has 0 saturated carbocycles. The predicted octanol–water partition coefficient (Wildman–Crippen LogP) is 3.33. The quantitative estimate of drug-likeness (QED) is 0.836. The summed E-state index contributed by atoms with van der Waals surface area (Å²) in [5, 5.41) is 6.79. The Morgan fingerprint density at radius 3 is 2.72 bits per heavy atom. The fourth-order valence-electron chi connectivity index (χ4n) is 3.26. The standard InChI is InChI=1S/C19H24FN3O2/c1-2-5-16-12-17(22-25-16)19(24)21-13-18(23-10-3-4-11-23)14-6-8-15(20)9-7-14/h6-9,12,18H,2-5,10-11,13H2,1H3,(H,21,24)/t18-/m0/s1. The van der Waals surface area contributed by atoms with Crippen molar-refractivity contribution in [3.05, 3.63) is 53.2 Å². The van der Waals surface area contributed by atoms with Crippen LogP contribution in [-0.2, 0) is 6.42 Å². The molecule has 1 fully saturated rings. The fourth-order valence-corrected chi connectivity index (χ4v) is 3.26. The first-order valence-electron chi connectivity index (χ1n) is 8.90. The van der Waals surface area contributed by atoms with Gasteiger partial charge in [0, 0.05) is 19.0 Å². The number of hydrogen-bond acceptors (Lipinski definition) is 4. The van der Waals surface area contributed by atoms with Crippen molar-refractivity contribution in [1.82, 2.24) is 15.4 Å². The van der Waals surface area contributed by atoms with E-state index in [1.807, 2.05) is 6.92 Å². The number of nitrogens with one attached hydrogen (secondary N) is 1. The molecule has 0 spiro atoms. The van der Waals surface area contributed by atoms with Crippen LogP contribution in [-0.4, -0.2) is 35.6 Å². The van der Waals surface area contributed by atoms with Gasteiger partial charge in [-0.05, 0) is 50.0 Å². The number of hydrogen-bond donors (Lipinski definition) is 1. The third-order valence-corrected chi connectivity index (χ3v) is 4.58. The van der Waals surface area contributed by atoms with E-state index in [1.54, 1.807) is 18.2 Å². The summed E-state index contributed by atoms with van der Waals surface area (Å²) in [4.78, 5) is 14.7. The summed E-state index contributed by atoms with van der Waals surface area (Å²) in [6, 6.07) is 8.25. The van der Waals surface area contributed by atoms with Crippen molar-refractivity contribution >= 4 is 5.91 Å². The molecular weight excluding hydrogens is 321 g/mol. The van der Waals surface area contributed by atoms with Crippen LogP contribution in [0.2, 0.25) is 0 Å². The highest BCUT2D eigenvalue weighted by atomic mass is 19.1. The van der Waals surface area contributed by atoms with Gasteiger partial charge in [0.2, 0.25) is 0 Å². The first kappa shape index (κ1) is 17.6. The lowest BCUT2D eigenvalue weighted by Crippen LogP contribution is -2.36. The highest BCUT2D eigenvalue weighted by Gasteiger charge is 2.24. The van der Waals surface area contributed by atoms with Crippen molar-refractivity contribution in [2.24, 2.45) is 0 Å². The average molecular weight is 345 g/mol. The molecule has 25 heavy (non-hydrogen) atoms. The summed E-state index contributed by atoms with van der Waals surface area (Å²) in [6.45, 7) is 4.48. The van der Waals surface area contributed by atoms with Crippen LogP contribution in [0.15, 0.2) is 34.9 Å². The third-order valence-electron chi connectivity index (χ3n) is 4.58. The number of aromatic nitrogens is 1. The molecule has 1 N–H and O–H groups in total. The Balaban J connectivity index is 1.67. The van der Waals surface area contributed by atoms with E-state index in [-0.39, 0.29) is 17.8 Å². The van der Waals surface area contributed by atoms with Crippen molar-refractivity contribution in [3.63, 3.8) is 0 Å². The normalized spacial score (nSPS) is 16.1. The largest absolute Gasteiger partial charge is 0.361 e. The van der Waals surface area contributed by atoms with Gasteiger partial charge in [-0.3, -0.25) is 9.69 Å². The van der Waals surface area contributed by atoms with Crippen LogP contribution in [0.4, 0.5) is 4.39 Å². The molecule has 1 aromatic heterocycles. The topological polar surface area (TPSA) is 58.4 Å². The Morgan fingerprint density at radius 2 is 2.04 bits per heavy atom. The van der Waals surface area contributed by atoms with E-state index in [2.05, 4.69) is 15.4 Å². The van der Waals surface area contributed by atoms with Gasteiger partial charge in [0.15, 0.2) is 5.69 Å². The number of halogens is 1. The van der Waals surface area contributed by atoms with Crippen molar-refractivity contribution in [3.8, 4) is 0 Å². The molecule has 0 unspecified atom stereocenters. The van der Waals surface area contributed by atoms with E-state index >= 15 is 0 Å². The summed E-state index contributed by atoms with van der Waals surface area (Å²) in [7, 11) is 0. The van der Waals surface area contributed by atoms with Gasteiger partial charge in [-0.15, -0.1) is 0 Å². The molecule has 5 nitrogen and oxygen atoms in total. The number of aryl methyl sites for hydroxylation is 1. The molecule has 1 aromatic carbocycles. The smallest absolute Gasteiger partial charge is 0.273 e. The zero-order valence-corrected chi connectivity index (χ0v) is 14.5. The molecular formula is C19H24FN3O2.